The molecule has 6 nitrogen and oxygen atoms in total. The van der Waals surface area contributed by atoms with Crippen LogP contribution in [0.3, 0.4) is 0 Å². The fourth-order valence-electron chi connectivity index (χ4n) is 2.57. The molecule has 2 unspecified atom stereocenters. The predicted octanol–water partition coefficient (Wildman–Crippen LogP) is 0.230. The zero-order valence-electron chi connectivity index (χ0n) is 11.9. The molecule has 20 heavy (non-hydrogen) atoms. The molecule has 0 spiro atoms. The topological polar surface area (TPSA) is 81.2 Å². The third kappa shape index (κ3) is 3.03. The summed E-state index contributed by atoms with van der Waals surface area (Å²) in [5, 5.41) is -0.449. The Balaban J connectivity index is 2.33. The number of hydrogen-bond acceptors (Lipinski definition) is 6. The maximum absolute atomic E-state index is 12.3. The van der Waals surface area contributed by atoms with E-state index < -0.39 is 15.2 Å². The summed E-state index contributed by atoms with van der Waals surface area (Å²) in [6, 6.07) is -0.102. The molecule has 0 aromatic carbocycles. The second-order valence-electron chi connectivity index (χ2n) is 4.90. The number of nitrogens with zero attached hydrogens (tertiary/aromatic N) is 3. The van der Waals surface area contributed by atoms with Gasteiger partial charge in [-0.2, -0.15) is 11.8 Å². The number of sulfone groups is 1. The van der Waals surface area contributed by atoms with E-state index in [9.17, 15) is 8.42 Å². The van der Waals surface area contributed by atoms with Crippen LogP contribution in [0.2, 0.25) is 0 Å². The highest BCUT2D eigenvalue weighted by molar-refractivity contribution is 8.01. The standard InChI is InChI=1S/C12H22N4O2S2/c1-3-20(17,18)12-8-19-5-4-16(12)10(6-13)11-7-14-9-15(11)2/h7,9-10,12H,3-6,8,13H2,1-2H3. The van der Waals surface area contributed by atoms with Gasteiger partial charge in [0.25, 0.3) is 0 Å². The zero-order chi connectivity index (χ0) is 14.8. The molecule has 1 aromatic rings. The summed E-state index contributed by atoms with van der Waals surface area (Å²) < 4.78 is 26.6. The maximum atomic E-state index is 12.3. The molecular weight excluding hydrogens is 296 g/mol. The van der Waals surface area contributed by atoms with Crippen LogP contribution in [0.4, 0.5) is 0 Å². The van der Waals surface area contributed by atoms with E-state index in [0.29, 0.717) is 12.3 Å². The molecule has 0 amide bonds. The summed E-state index contributed by atoms with van der Waals surface area (Å²) in [5.41, 5.74) is 6.89. The van der Waals surface area contributed by atoms with Crippen molar-refractivity contribution in [2.75, 3.05) is 30.3 Å². The van der Waals surface area contributed by atoms with Crippen LogP contribution < -0.4 is 5.73 Å². The van der Waals surface area contributed by atoms with Crippen molar-refractivity contribution in [3.63, 3.8) is 0 Å². The zero-order valence-corrected chi connectivity index (χ0v) is 13.5. The van der Waals surface area contributed by atoms with E-state index in [4.69, 9.17) is 5.73 Å². The van der Waals surface area contributed by atoms with Crippen LogP contribution in [0.15, 0.2) is 12.5 Å². The number of aromatic nitrogens is 2. The van der Waals surface area contributed by atoms with Gasteiger partial charge in [0.05, 0.1) is 18.1 Å². The molecule has 2 atom stereocenters. The van der Waals surface area contributed by atoms with Gasteiger partial charge in [0.1, 0.15) is 5.37 Å². The van der Waals surface area contributed by atoms with Crippen LogP contribution >= 0.6 is 11.8 Å². The van der Waals surface area contributed by atoms with Crippen molar-refractivity contribution in [1.82, 2.24) is 14.5 Å². The van der Waals surface area contributed by atoms with E-state index in [-0.39, 0.29) is 11.8 Å². The van der Waals surface area contributed by atoms with E-state index in [0.717, 1.165) is 18.0 Å². The van der Waals surface area contributed by atoms with Crippen LogP contribution in [0.5, 0.6) is 0 Å². The highest BCUT2D eigenvalue weighted by atomic mass is 32.2. The molecule has 0 radical (unpaired) electrons. The molecule has 0 aliphatic carbocycles. The minimum atomic E-state index is -3.11. The van der Waals surface area contributed by atoms with E-state index in [1.807, 2.05) is 16.5 Å². The fraction of sp³-hybridized carbons (Fsp3) is 0.750. The molecule has 1 aliphatic heterocycles. The van der Waals surface area contributed by atoms with Crippen molar-refractivity contribution in [3.05, 3.63) is 18.2 Å². The number of hydrogen-bond donors (Lipinski definition) is 1. The van der Waals surface area contributed by atoms with E-state index in [2.05, 4.69) is 4.98 Å². The molecule has 0 saturated carbocycles. The molecular formula is C12H22N4O2S2. The lowest BCUT2D eigenvalue weighted by atomic mass is 10.2. The van der Waals surface area contributed by atoms with Crippen LogP contribution in [-0.2, 0) is 16.9 Å². The average molecular weight is 318 g/mol. The second kappa shape index (κ2) is 6.46. The summed E-state index contributed by atoms with van der Waals surface area (Å²) in [6.07, 6.45) is 3.49. The minimum absolute atomic E-state index is 0.102. The van der Waals surface area contributed by atoms with Crippen molar-refractivity contribution in [1.29, 1.82) is 0 Å². The predicted molar refractivity (Wildman–Crippen MR) is 82.3 cm³/mol. The minimum Gasteiger partial charge on any atom is -0.336 e. The Hall–Kier alpha value is -0.570. The Morgan fingerprint density at radius 1 is 1.60 bits per heavy atom. The molecule has 2 N–H and O–H groups in total. The van der Waals surface area contributed by atoms with Gasteiger partial charge >= 0.3 is 0 Å². The maximum Gasteiger partial charge on any atom is 0.166 e. The van der Waals surface area contributed by atoms with E-state index in [1.165, 1.54) is 0 Å². The highest BCUT2D eigenvalue weighted by Crippen LogP contribution is 2.29. The van der Waals surface area contributed by atoms with Gasteiger partial charge in [-0.25, -0.2) is 13.4 Å². The summed E-state index contributed by atoms with van der Waals surface area (Å²) >= 11 is 1.69. The van der Waals surface area contributed by atoms with Gasteiger partial charge in [-0.15, -0.1) is 0 Å². The van der Waals surface area contributed by atoms with E-state index in [1.54, 1.807) is 31.2 Å². The average Bonchev–Trinajstić information content (AvgIpc) is 2.87. The van der Waals surface area contributed by atoms with Crippen molar-refractivity contribution in [3.8, 4) is 0 Å². The van der Waals surface area contributed by atoms with E-state index >= 15 is 0 Å². The SMILES string of the molecule is CCS(=O)(=O)C1CSCCN1C(CN)c1cncn1C. The monoisotopic (exact) mass is 318 g/mol. The quantitative estimate of drug-likeness (QED) is 0.837. The lowest BCUT2D eigenvalue weighted by molar-refractivity contribution is 0.191. The Labute approximate surface area is 124 Å². The van der Waals surface area contributed by atoms with Crippen molar-refractivity contribution in [2.45, 2.75) is 18.3 Å². The molecule has 114 valence electrons. The molecule has 2 rings (SSSR count). The molecule has 1 saturated heterocycles. The summed E-state index contributed by atoms with van der Waals surface area (Å²) in [4.78, 5) is 6.15. The first kappa shape index (κ1) is 15.8. The summed E-state index contributed by atoms with van der Waals surface area (Å²) in [6.45, 7) is 2.83. The van der Waals surface area contributed by atoms with Gasteiger partial charge in [-0.1, -0.05) is 6.92 Å². The van der Waals surface area contributed by atoms with Gasteiger partial charge in [0, 0.05) is 43.6 Å². The smallest absolute Gasteiger partial charge is 0.166 e. The number of thioether (sulfide) groups is 1. The third-order valence-electron chi connectivity index (χ3n) is 3.76. The van der Waals surface area contributed by atoms with Crippen LogP contribution in [0, 0.1) is 0 Å². The first-order chi connectivity index (χ1) is 9.51. The Bertz CT molecular complexity index is 543. The van der Waals surface area contributed by atoms with Crippen LogP contribution in [0.1, 0.15) is 18.7 Å². The lowest BCUT2D eigenvalue weighted by Gasteiger charge is -2.39. The first-order valence-corrected chi connectivity index (χ1v) is 9.59. The van der Waals surface area contributed by atoms with Crippen molar-refractivity contribution < 1.29 is 8.42 Å². The second-order valence-corrected chi connectivity index (χ2v) is 8.50. The first-order valence-electron chi connectivity index (χ1n) is 6.72. The number of aryl methyl sites for hydroxylation is 1. The molecule has 1 fully saturated rings. The highest BCUT2D eigenvalue weighted by Gasteiger charge is 2.37. The fourth-order valence-corrected chi connectivity index (χ4v) is 5.63. The van der Waals surface area contributed by atoms with Gasteiger partial charge in [-0.05, 0) is 0 Å². The molecule has 2 heterocycles. The summed E-state index contributed by atoms with van der Waals surface area (Å²) in [5.74, 6) is 1.71. The van der Waals surface area contributed by atoms with Crippen LogP contribution in [-0.4, -0.2) is 58.6 Å². The molecule has 8 heteroatoms. The van der Waals surface area contributed by atoms with Crippen molar-refractivity contribution in [2.24, 2.45) is 12.8 Å². The molecule has 1 aliphatic rings. The van der Waals surface area contributed by atoms with Crippen molar-refractivity contribution >= 4 is 21.6 Å². The Morgan fingerprint density at radius 3 is 2.90 bits per heavy atom. The molecule has 1 aromatic heterocycles. The Morgan fingerprint density at radius 2 is 2.35 bits per heavy atom. The van der Waals surface area contributed by atoms with Crippen LogP contribution in [0.25, 0.3) is 0 Å². The number of imidazole rings is 1. The lowest BCUT2D eigenvalue weighted by Crippen LogP contribution is -2.51. The van der Waals surface area contributed by atoms with Gasteiger partial charge in [0.2, 0.25) is 0 Å². The number of nitrogens with two attached hydrogens (primary N) is 1. The number of rotatable bonds is 5. The molecule has 0 bridgehead atoms. The largest absolute Gasteiger partial charge is 0.336 e. The summed E-state index contributed by atoms with van der Waals surface area (Å²) in [7, 11) is -1.20. The van der Waals surface area contributed by atoms with Gasteiger partial charge in [-0.3, -0.25) is 4.90 Å². The normalized spacial score (nSPS) is 22.9. The Kier molecular flexibility index (Phi) is 5.11. The van der Waals surface area contributed by atoms with Gasteiger partial charge in [0.15, 0.2) is 9.84 Å². The third-order valence-corrected chi connectivity index (χ3v) is 7.06. The van der Waals surface area contributed by atoms with Gasteiger partial charge < -0.3 is 10.3 Å².